The molecule has 0 aliphatic heterocycles. The van der Waals surface area contributed by atoms with Crippen LogP contribution in [0.2, 0.25) is 5.02 Å². The summed E-state index contributed by atoms with van der Waals surface area (Å²) in [5.41, 5.74) is 1.84. The third-order valence-electron chi connectivity index (χ3n) is 6.03. The lowest BCUT2D eigenvalue weighted by Gasteiger charge is -2.33. The molecule has 0 aromatic heterocycles. The van der Waals surface area contributed by atoms with Crippen molar-refractivity contribution in [2.45, 2.75) is 32.9 Å². The summed E-state index contributed by atoms with van der Waals surface area (Å²) in [5.74, 6) is -1.61. The van der Waals surface area contributed by atoms with E-state index in [0.717, 1.165) is 16.1 Å². The minimum Gasteiger partial charge on any atom is -0.355 e. The van der Waals surface area contributed by atoms with Crippen LogP contribution in [0.15, 0.2) is 72.8 Å². The lowest BCUT2D eigenvalue weighted by atomic mass is 10.0. The first kappa shape index (κ1) is 29.1. The SMILES string of the molecule is CCNC(=O)[C@@H](Cc1ccccc1)N(Cc1ccccc1F)C(=O)CN(c1ccc(Cl)cc1C)S(C)(=O)=O. The normalized spacial score (nSPS) is 12.0. The Balaban J connectivity index is 2.07. The van der Waals surface area contributed by atoms with E-state index in [0.29, 0.717) is 17.1 Å². The van der Waals surface area contributed by atoms with Gasteiger partial charge in [-0.2, -0.15) is 0 Å². The minimum absolute atomic E-state index is 0.158. The number of aryl methyl sites for hydroxylation is 1. The maximum absolute atomic E-state index is 14.7. The minimum atomic E-state index is -3.91. The third kappa shape index (κ3) is 7.55. The highest BCUT2D eigenvalue weighted by Gasteiger charge is 2.33. The van der Waals surface area contributed by atoms with E-state index in [-0.39, 0.29) is 24.2 Å². The Hall–Kier alpha value is -3.43. The van der Waals surface area contributed by atoms with Crippen LogP contribution in [0, 0.1) is 12.7 Å². The number of carbonyl (C=O) groups excluding carboxylic acids is 2. The van der Waals surface area contributed by atoms with E-state index >= 15 is 0 Å². The van der Waals surface area contributed by atoms with E-state index in [1.807, 2.05) is 30.3 Å². The van der Waals surface area contributed by atoms with E-state index in [4.69, 9.17) is 11.6 Å². The third-order valence-corrected chi connectivity index (χ3v) is 7.39. The van der Waals surface area contributed by atoms with Gasteiger partial charge in [-0.05, 0) is 49.2 Å². The van der Waals surface area contributed by atoms with Gasteiger partial charge in [0.05, 0.1) is 11.9 Å². The van der Waals surface area contributed by atoms with Crippen LogP contribution in [0.25, 0.3) is 0 Å². The second kappa shape index (κ2) is 12.9. The topological polar surface area (TPSA) is 86.8 Å². The van der Waals surface area contributed by atoms with E-state index < -0.39 is 40.2 Å². The number of halogens is 2. The maximum Gasteiger partial charge on any atom is 0.244 e. The number of carbonyl (C=O) groups is 2. The van der Waals surface area contributed by atoms with Gasteiger partial charge < -0.3 is 10.2 Å². The molecule has 7 nitrogen and oxygen atoms in total. The first-order chi connectivity index (χ1) is 18.0. The number of nitrogens with zero attached hydrogens (tertiary/aromatic N) is 2. The summed E-state index contributed by atoms with van der Waals surface area (Å²) in [6, 6.07) is 18.8. The highest BCUT2D eigenvalue weighted by molar-refractivity contribution is 7.92. The highest BCUT2D eigenvalue weighted by atomic mass is 35.5. The zero-order valence-corrected chi connectivity index (χ0v) is 23.1. The Morgan fingerprint density at radius 3 is 2.29 bits per heavy atom. The molecule has 3 rings (SSSR count). The van der Waals surface area contributed by atoms with E-state index in [9.17, 15) is 22.4 Å². The Kier molecular flexibility index (Phi) is 9.88. The summed E-state index contributed by atoms with van der Waals surface area (Å²) in [4.78, 5) is 28.4. The fourth-order valence-electron chi connectivity index (χ4n) is 4.15. The number of sulfonamides is 1. The molecule has 0 bridgehead atoms. The smallest absolute Gasteiger partial charge is 0.244 e. The van der Waals surface area contributed by atoms with Crippen LogP contribution in [0.3, 0.4) is 0 Å². The first-order valence-electron chi connectivity index (χ1n) is 12.1. The van der Waals surface area contributed by atoms with Gasteiger partial charge in [-0.1, -0.05) is 60.1 Å². The molecule has 0 unspecified atom stereocenters. The molecule has 2 amide bonds. The molecule has 0 fully saturated rings. The molecular formula is C28H31ClFN3O4S. The summed E-state index contributed by atoms with van der Waals surface area (Å²) in [6.07, 6.45) is 1.16. The fourth-order valence-corrected chi connectivity index (χ4v) is 5.28. The van der Waals surface area contributed by atoms with Gasteiger partial charge in [-0.15, -0.1) is 0 Å². The van der Waals surface area contributed by atoms with Crippen LogP contribution in [0.1, 0.15) is 23.6 Å². The van der Waals surface area contributed by atoms with Crippen LogP contribution in [0.4, 0.5) is 10.1 Å². The van der Waals surface area contributed by atoms with Crippen molar-refractivity contribution in [1.29, 1.82) is 0 Å². The zero-order valence-electron chi connectivity index (χ0n) is 21.5. The summed E-state index contributed by atoms with van der Waals surface area (Å²) in [7, 11) is -3.91. The second-order valence-electron chi connectivity index (χ2n) is 8.91. The highest BCUT2D eigenvalue weighted by Crippen LogP contribution is 2.26. The molecule has 1 atom stereocenters. The molecule has 10 heteroatoms. The van der Waals surface area contributed by atoms with E-state index in [2.05, 4.69) is 5.32 Å². The number of nitrogens with one attached hydrogen (secondary N) is 1. The molecule has 202 valence electrons. The first-order valence-corrected chi connectivity index (χ1v) is 14.3. The monoisotopic (exact) mass is 559 g/mol. The average Bonchev–Trinajstić information content (AvgIpc) is 2.86. The Bertz CT molecular complexity index is 1390. The molecule has 0 aliphatic carbocycles. The van der Waals surface area contributed by atoms with Crippen LogP contribution >= 0.6 is 11.6 Å². The number of hydrogen-bond donors (Lipinski definition) is 1. The molecule has 0 radical (unpaired) electrons. The molecule has 1 N–H and O–H groups in total. The largest absolute Gasteiger partial charge is 0.355 e. The van der Waals surface area contributed by atoms with Gasteiger partial charge in [0.15, 0.2) is 0 Å². The van der Waals surface area contributed by atoms with Gasteiger partial charge in [0.1, 0.15) is 18.4 Å². The quantitative estimate of drug-likeness (QED) is 0.379. The van der Waals surface area contributed by atoms with Crippen LogP contribution < -0.4 is 9.62 Å². The van der Waals surface area contributed by atoms with Crippen molar-refractivity contribution >= 4 is 39.1 Å². The molecule has 0 saturated heterocycles. The molecule has 0 saturated carbocycles. The molecular weight excluding hydrogens is 529 g/mol. The van der Waals surface area contributed by atoms with Gasteiger partial charge >= 0.3 is 0 Å². The standard InChI is InChI=1S/C28H31ClFN3O4S/c1-4-31-28(35)26(17-21-10-6-5-7-11-21)32(18-22-12-8-9-13-24(22)30)27(34)19-33(38(3,36)37)25-15-14-23(29)16-20(25)2/h5-16,26H,4,17-19H2,1-3H3,(H,31,35)/t26-/m1/s1. The number of rotatable bonds is 11. The maximum atomic E-state index is 14.7. The Labute approximate surface area is 228 Å². The Morgan fingerprint density at radius 2 is 1.68 bits per heavy atom. The molecule has 0 aliphatic rings. The molecule has 3 aromatic carbocycles. The van der Waals surface area contributed by atoms with E-state index in [1.54, 1.807) is 26.0 Å². The van der Waals surface area contributed by atoms with Crippen molar-refractivity contribution in [2.75, 3.05) is 23.7 Å². The predicted molar refractivity (Wildman–Crippen MR) is 148 cm³/mol. The van der Waals surface area contributed by atoms with Gasteiger partial charge in [0, 0.05) is 30.1 Å². The van der Waals surface area contributed by atoms with Gasteiger partial charge in [-0.25, -0.2) is 12.8 Å². The zero-order chi connectivity index (χ0) is 27.9. The average molecular weight is 560 g/mol. The summed E-state index contributed by atoms with van der Waals surface area (Å²) in [6.45, 7) is 2.96. The lowest BCUT2D eigenvalue weighted by molar-refractivity contribution is -0.140. The molecule has 0 heterocycles. The van der Waals surface area contributed by atoms with Gasteiger partial charge in [-0.3, -0.25) is 13.9 Å². The molecule has 3 aromatic rings. The van der Waals surface area contributed by atoms with E-state index in [1.165, 1.54) is 35.2 Å². The number of anilines is 1. The lowest BCUT2D eigenvalue weighted by Crippen LogP contribution is -2.53. The fraction of sp³-hybridized carbons (Fsp3) is 0.286. The van der Waals surface area contributed by atoms with Crippen LogP contribution in [-0.2, 0) is 32.6 Å². The van der Waals surface area contributed by atoms with Crippen LogP contribution in [0.5, 0.6) is 0 Å². The second-order valence-corrected chi connectivity index (χ2v) is 11.3. The van der Waals surface area contributed by atoms with Gasteiger partial charge in [0.2, 0.25) is 21.8 Å². The van der Waals surface area contributed by atoms with Crippen LogP contribution in [-0.4, -0.2) is 50.5 Å². The Morgan fingerprint density at radius 1 is 1.03 bits per heavy atom. The molecule has 38 heavy (non-hydrogen) atoms. The van der Waals surface area contributed by atoms with Crippen molar-refractivity contribution in [3.05, 3.63) is 100 Å². The van der Waals surface area contributed by atoms with Crippen molar-refractivity contribution in [3.63, 3.8) is 0 Å². The van der Waals surface area contributed by atoms with Crippen molar-refractivity contribution < 1.29 is 22.4 Å². The summed E-state index contributed by atoms with van der Waals surface area (Å²) in [5, 5.41) is 3.18. The van der Waals surface area contributed by atoms with Crippen molar-refractivity contribution in [3.8, 4) is 0 Å². The number of benzene rings is 3. The van der Waals surface area contributed by atoms with Crippen molar-refractivity contribution in [2.24, 2.45) is 0 Å². The number of likely N-dealkylation sites (N-methyl/N-ethyl adjacent to an activating group) is 1. The number of amides is 2. The summed E-state index contributed by atoms with van der Waals surface area (Å²) >= 11 is 6.06. The summed E-state index contributed by atoms with van der Waals surface area (Å²) < 4.78 is 41.3. The van der Waals surface area contributed by atoms with Crippen molar-refractivity contribution in [1.82, 2.24) is 10.2 Å². The molecule has 0 spiro atoms. The predicted octanol–water partition coefficient (Wildman–Crippen LogP) is 4.33. The van der Waals surface area contributed by atoms with Gasteiger partial charge in [0.25, 0.3) is 0 Å². The number of hydrogen-bond acceptors (Lipinski definition) is 4.